The van der Waals surface area contributed by atoms with E-state index in [-0.39, 0.29) is 5.91 Å². The Morgan fingerprint density at radius 1 is 1.41 bits per heavy atom. The molecule has 2 unspecified atom stereocenters. The normalized spacial score (nSPS) is 22.0. The molecule has 1 aromatic rings. The van der Waals surface area contributed by atoms with Crippen molar-refractivity contribution in [3.05, 3.63) is 28.8 Å². The molecule has 2 aliphatic heterocycles. The highest BCUT2D eigenvalue weighted by molar-refractivity contribution is 6.34. The van der Waals surface area contributed by atoms with Gasteiger partial charge in [-0.15, -0.1) is 0 Å². The fourth-order valence-electron chi connectivity index (χ4n) is 3.37. The van der Waals surface area contributed by atoms with Crippen molar-refractivity contribution in [1.82, 2.24) is 9.80 Å². The minimum Gasteiger partial charge on any atom is -0.381 e. The lowest BCUT2D eigenvalue weighted by Crippen LogP contribution is -2.49. The van der Waals surface area contributed by atoms with Crippen molar-refractivity contribution in [3.63, 3.8) is 0 Å². The van der Waals surface area contributed by atoms with Crippen LogP contribution in [0.25, 0.3) is 0 Å². The molecule has 8 heteroatoms. The monoisotopic (exact) mass is 397 g/mol. The Morgan fingerprint density at radius 2 is 2.19 bits per heavy atom. The molecule has 150 valence electrons. The first kappa shape index (κ1) is 20.4. The van der Waals surface area contributed by atoms with E-state index in [1.165, 1.54) is 0 Å². The number of benzene rings is 1. The summed E-state index contributed by atoms with van der Waals surface area (Å²) < 4.78 is 5.44. The highest BCUT2D eigenvalue weighted by Crippen LogP contribution is 2.23. The third-order valence-corrected chi connectivity index (χ3v) is 5.37. The first-order chi connectivity index (χ1) is 13.1. The molecular formula is C19H28ClN3O4. The molecule has 0 aromatic heterocycles. The first-order valence-corrected chi connectivity index (χ1v) is 9.93. The van der Waals surface area contributed by atoms with Gasteiger partial charge in [0.25, 0.3) is 5.91 Å². The number of rotatable bonds is 7. The van der Waals surface area contributed by atoms with E-state index in [1.54, 1.807) is 18.2 Å². The van der Waals surface area contributed by atoms with E-state index >= 15 is 0 Å². The molecule has 0 bridgehead atoms. The van der Waals surface area contributed by atoms with Gasteiger partial charge < -0.3 is 14.7 Å². The van der Waals surface area contributed by atoms with Crippen molar-refractivity contribution in [2.45, 2.75) is 26.1 Å². The minimum absolute atomic E-state index is 0.0510. The quantitative estimate of drug-likeness (QED) is 0.542. The molecule has 0 saturated carbocycles. The zero-order chi connectivity index (χ0) is 19.2. The van der Waals surface area contributed by atoms with Gasteiger partial charge in [0.2, 0.25) is 0 Å². The standard InChI is InChI=1S/C19H28ClN3O4/c1-2-18(24)27-21-15-3-4-16(17(20)11-15)19(25)23-8-6-22(7-9-23)12-14-5-10-26-13-14/h3-4,11,14,18,21,24H,2,5-10,12-13H2,1H3. The van der Waals surface area contributed by atoms with Crippen LogP contribution >= 0.6 is 11.6 Å². The molecule has 2 aliphatic rings. The number of carbonyl (C=O) groups is 1. The Kier molecular flexibility index (Phi) is 7.32. The number of piperazine rings is 1. The van der Waals surface area contributed by atoms with Crippen LogP contribution in [0.5, 0.6) is 0 Å². The molecule has 0 radical (unpaired) electrons. The highest BCUT2D eigenvalue weighted by Gasteiger charge is 2.26. The van der Waals surface area contributed by atoms with Crippen LogP contribution in [0.3, 0.4) is 0 Å². The number of carbonyl (C=O) groups excluding carboxylic acids is 1. The van der Waals surface area contributed by atoms with Gasteiger partial charge in [-0.1, -0.05) is 18.5 Å². The Hall–Kier alpha value is -1.38. The molecule has 1 amide bonds. The van der Waals surface area contributed by atoms with Crippen molar-refractivity contribution in [2.75, 3.05) is 51.4 Å². The van der Waals surface area contributed by atoms with Crippen molar-refractivity contribution in [1.29, 1.82) is 0 Å². The van der Waals surface area contributed by atoms with Gasteiger partial charge in [-0.3, -0.25) is 15.2 Å². The van der Waals surface area contributed by atoms with Crippen molar-refractivity contribution in [3.8, 4) is 0 Å². The van der Waals surface area contributed by atoms with E-state index in [0.717, 1.165) is 39.3 Å². The zero-order valence-electron chi connectivity index (χ0n) is 15.7. The highest BCUT2D eigenvalue weighted by atomic mass is 35.5. The van der Waals surface area contributed by atoms with Gasteiger partial charge in [-0.25, -0.2) is 4.84 Å². The van der Waals surface area contributed by atoms with Crippen LogP contribution in [-0.2, 0) is 9.57 Å². The average molecular weight is 398 g/mol. The number of aliphatic hydroxyl groups is 1. The topological polar surface area (TPSA) is 74.3 Å². The number of halogens is 1. The first-order valence-electron chi connectivity index (χ1n) is 9.55. The number of hydrogen-bond donors (Lipinski definition) is 2. The smallest absolute Gasteiger partial charge is 0.255 e. The molecule has 27 heavy (non-hydrogen) atoms. The Morgan fingerprint density at radius 3 is 2.81 bits per heavy atom. The Balaban J connectivity index is 1.51. The Bertz CT molecular complexity index is 631. The van der Waals surface area contributed by atoms with Crippen molar-refractivity contribution >= 4 is 23.2 Å². The maximum absolute atomic E-state index is 12.8. The van der Waals surface area contributed by atoms with E-state index in [4.69, 9.17) is 21.2 Å². The largest absolute Gasteiger partial charge is 0.381 e. The van der Waals surface area contributed by atoms with Crippen LogP contribution in [0.1, 0.15) is 30.1 Å². The van der Waals surface area contributed by atoms with Crippen LogP contribution < -0.4 is 5.48 Å². The van der Waals surface area contributed by atoms with Crippen LogP contribution in [0, 0.1) is 5.92 Å². The lowest BCUT2D eigenvalue weighted by Gasteiger charge is -2.36. The second-order valence-corrected chi connectivity index (χ2v) is 7.51. The lowest BCUT2D eigenvalue weighted by atomic mass is 10.1. The predicted octanol–water partition coefficient (Wildman–Crippen LogP) is 2.21. The number of amides is 1. The second-order valence-electron chi connectivity index (χ2n) is 7.10. The summed E-state index contributed by atoms with van der Waals surface area (Å²) >= 11 is 6.30. The van der Waals surface area contributed by atoms with Crippen LogP contribution in [0.15, 0.2) is 18.2 Å². The van der Waals surface area contributed by atoms with Gasteiger partial charge in [0.05, 0.1) is 22.9 Å². The number of nitrogens with zero attached hydrogens (tertiary/aromatic N) is 2. The maximum Gasteiger partial charge on any atom is 0.255 e. The third-order valence-electron chi connectivity index (χ3n) is 5.06. The summed E-state index contributed by atoms with van der Waals surface area (Å²) in [6, 6.07) is 5.04. The number of nitrogens with one attached hydrogen (secondary N) is 1. The third kappa shape index (κ3) is 5.56. The number of ether oxygens (including phenoxy) is 1. The predicted molar refractivity (Wildman–Crippen MR) is 104 cm³/mol. The molecule has 2 fully saturated rings. The van der Waals surface area contributed by atoms with Crippen LogP contribution in [0.4, 0.5) is 5.69 Å². The number of anilines is 1. The molecule has 2 saturated heterocycles. The van der Waals surface area contributed by atoms with Gasteiger partial charge in [-0.2, -0.15) is 0 Å². The fraction of sp³-hybridized carbons (Fsp3) is 0.632. The summed E-state index contributed by atoms with van der Waals surface area (Å²) in [6.07, 6.45) is 0.711. The van der Waals surface area contributed by atoms with Gasteiger partial charge in [0.1, 0.15) is 0 Å². The van der Waals surface area contributed by atoms with E-state index in [9.17, 15) is 9.90 Å². The van der Waals surface area contributed by atoms with Crippen molar-refractivity contribution in [2.24, 2.45) is 5.92 Å². The van der Waals surface area contributed by atoms with Gasteiger partial charge in [0.15, 0.2) is 6.29 Å². The summed E-state index contributed by atoms with van der Waals surface area (Å²) in [5.41, 5.74) is 3.72. The summed E-state index contributed by atoms with van der Waals surface area (Å²) in [6.45, 7) is 7.74. The van der Waals surface area contributed by atoms with E-state index in [1.807, 2.05) is 11.8 Å². The molecule has 2 heterocycles. The summed E-state index contributed by atoms with van der Waals surface area (Å²) in [5, 5.41) is 9.79. The number of aliphatic hydroxyl groups excluding tert-OH is 1. The van der Waals surface area contributed by atoms with Gasteiger partial charge in [-0.05, 0) is 37.0 Å². The molecule has 0 spiro atoms. The number of hydrogen-bond acceptors (Lipinski definition) is 6. The SMILES string of the molecule is CCC(O)ONc1ccc(C(=O)N2CCN(CC3CCOC3)CC2)c(Cl)c1. The molecule has 0 aliphatic carbocycles. The Labute approximate surface area is 165 Å². The zero-order valence-corrected chi connectivity index (χ0v) is 16.5. The van der Waals surface area contributed by atoms with Crippen LogP contribution in [0.2, 0.25) is 5.02 Å². The summed E-state index contributed by atoms with van der Waals surface area (Å²) in [4.78, 5) is 22.1. The van der Waals surface area contributed by atoms with Crippen LogP contribution in [-0.4, -0.2) is 73.0 Å². The molecule has 2 N–H and O–H groups in total. The lowest BCUT2D eigenvalue weighted by molar-refractivity contribution is -0.0757. The molecule has 2 atom stereocenters. The van der Waals surface area contributed by atoms with Gasteiger partial charge in [0, 0.05) is 39.3 Å². The maximum atomic E-state index is 12.8. The van der Waals surface area contributed by atoms with Gasteiger partial charge >= 0.3 is 0 Å². The molecule has 3 rings (SSSR count). The van der Waals surface area contributed by atoms with E-state index < -0.39 is 6.29 Å². The second kappa shape index (κ2) is 9.71. The molecule has 1 aromatic carbocycles. The average Bonchev–Trinajstić information content (AvgIpc) is 3.19. The molecular weight excluding hydrogens is 370 g/mol. The van der Waals surface area contributed by atoms with E-state index in [2.05, 4.69) is 10.4 Å². The summed E-state index contributed by atoms with van der Waals surface area (Å²) in [7, 11) is 0. The van der Waals surface area contributed by atoms with Crippen molar-refractivity contribution < 1.29 is 19.5 Å². The summed E-state index contributed by atoms with van der Waals surface area (Å²) in [5.74, 6) is 0.570. The fourth-order valence-corrected chi connectivity index (χ4v) is 3.63. The minimum atomic E-state index is -0.892. The van der Waals surface area contributed by atoms with E-state index in [0.29, 0.717) is 41.7 Å². The molecule has 7 nitrogen and oxygen atoms in total.